The molecule has 0 amide bonds. The molecule has 0 saturated heterocycles. The molecular weight excluding hydrogens is 641 g/mol. The lowest BCUT2D eigenvalue weighted by Crippen LogP contribution is -2.01. The van der Waals surface area contributed by atoms with Crippen LogP contribution in [0.25, 0.3) is 100 Å². The maximum Gasteiger partial charge on any atom is 0.165 e. The minimum atomic E-state index is 0.436. The van der Waals surface area contributed by atoms with Gasteiger partial charge >= 0.3 is 0 Å². The molecule has 3 heterocycles. The maximum atomic E-state index is 9.99. The molecule has 0 fully saturated rings. The highest BCUT2D eigenvalue weighted by molar-refractivity contribution is 6.07. The predicted octanol–water partition coefficient (Wildman–Crippen LogP) is 11.9. The highest BCUT2D eigenvalue weighted by Gasteiger charge is 2.18. The Bertz CT molecular complexity index is 2910. The van der Waals surface area contributed by atoms with Crippen molar-refractivity contribution in [2.24, 2.45) is 0 Å². The summed E-state index contributed by atoms with van der Waals surface area (Å²) in [6.45, 7) is 0. The van der Waals surface area contributed by atoms with Crippen LogP contribution in [0.5, 0.6) is 0 Å². The molecule has 0 bridgehead atoms. The van der Waals surface area contributed by atoms with E-state index in [4.69, 9.17) is 23.8 Å². The van der Waals surface area contributed by atoms with E-state index in [0.717, 1.165) is 77.3 Å². The first-order chi connectivity index (χ1) is 25.7. The summed E-state index contributed by atoms with van der Waals surface area (Å²) in [5.74, 6) is 1.47. The second-order valence-corrected chi connectivity index (χ2v) is 12.7. The lowest BCUT2D eigenvalue weighted by Gasteiger charge is -2.13. The van der Waals surface area contributed by atoms with Crippen LogP contribution in [0, 0.1) is 11.3 Å². The minimum absolute atomic E-state index is 0.436. The Labute approximate surface area is 297 Å². The van der Waals surface area contributed by atoms with Gasteiger partial charge in [-0.2, -0.15) is 5.26 Å². The predicted molar refractivity (Wildman–Crippen MR) is 206 cm³/mol. The van der Waals surface area contributed by atoms with Crippen LogP contribution in [-0.4, -0.2) is 15.0 Å². The van der Waals surface area contributed by atoms with E-state index >= 15 is 0 Å². The highest BCUT2D eigenvalue weighted by Crippen LogP contribution is 2.38. The van der Waals surface area contributed by atoms with Crippen LogP contribution in [0.4, 0.5) is 0 Å². The second kappa shape index (κ2) is 11.9. The number of nitriles is 1. The van der Waals surface area contributed by atoms with Crippen LogP contribution >= 0.6 is 0 Å². The summed E-state index contributed by atoms with van der Waals surface area (Å²) in [5, 5.41) is 14.2. The Morgan fingerprint density at radius 2 is 0.846 bits per heavy atom. The molecule has 0 atom stereocenters. The molecular formula is C46H26N4O2. The van der Waals surface area contributed by atoms with Gasteiger partial charge in [-0.15, -0.1) is 0 Å². The first-order valence-electron chi connectivity index (χ1n) is 17.0. The Hall–Kier alpha value is -7.36. The molecule has 0 aliphatic carbocycles. The number of fused-ring (bicyclic) bond motifs is 6. The number of para-hydroxylation sites is 2. The van der Waals surface area contributed by atoms with Gasteiger partial charge in [-0.05, 0) is 89.0 Å². The van der Waals surface area contributed by atoms with Crippen LogP contribution in [0.3, 0.4) is 0 Å². The molecule has 3 aromatic heterocycles. The molecule has 0 N–H and O–H groups in total. The number of aromatic nitrogens is 3. The van der Waals surface area contributed by atoms with Gasteiger partial charge in [-0.1, -0.05) is 91.0 Å². The zero-order chi connectivity index (χ0) is 34.6. The molecule has 52 heavy (non-hydrogen) atoms. The molecule has 0 aliphatic heterocycles. The van der Waals surface area contributed by atoms with Crippen LogP contribution in [-0.2, 0) is 0 Å². The number of hydrogen-bond donors (Lipinski definition) is 0. The van der Waals surface area contributed by atoms with Gasteiger partial charge in [0.25, 0.3) is 0 Å². The summed E-state index contributed by atoms with van der Waals surface area (Å²) < 4.78 is 12.3. The largest absolute Gasteiger partial charge is 0.456 e. The third-order valence-electron chi connectivity index (χ3n) is 9.57. The molecule has 0 aliphatic rings. The number of nitrogens with zero attached hydrogens (tertiary/aromatic N) is 4. The molecule has 0 saturated carbocycles. The van der Waals surface area contributed by atoms with Crippen molar-refractivity contribution in [1.82, 2.24) is 15.0 Å². The molecule has 7 aromatic carbocycles. The summed E-state index contributed by atoms with van der Waals surface area (Å²) in [6.07, 6.45) is 0. The molecule has 0 radical (unpaired) electrons. The molecule has 10 rings (SSSR count). The minimum Gasteiger partial charge on any atom is -0.456 e. The van der Waals surface area contributed by atoms with Crippen LogP contribution in [0.2, 0.25) is 0 Å². The lowest BCUT2D eigenvalue weighted by molar-refractivity contribution is 0.668. The van der Waals surface area contributed by atoms with E-state index in [1.807, 2.05) is 97.1 Å². The first-order valence-corrected chi connectivity index (χ1v) is 17.0. The van der Waals surface area contributed by atoms with Crippen molar-refractivity contribution in [2.45, 2.75) is 0 Å². The van der Waals surface area contributed by atoms with Gasteiger partial charge in [-0.25, -0.2) is 15.0 Å². The average Bonchev–Trinajstić information content (AvgIpc) is 3.78. The first kappa shape index (κ1) is 29.5. The smallest absolute Gasteiger partial charge is 0.165 e. The van der Waals surface area contributed by atoms with Crippen molar-refractivity contribution in [3.05, 3.63) is 163 Å². The topological polar surface area (TPSA) is 88.7 Å². The number of hydrogen-bond acceptors (Lipinski definition) is 6. The van der Waals surface area contributed by atoms with Crippen molar-refractivity contribution in [3.63, 3.8) is 0 Å². The molecule has 242 valence electrons. The third-order valence-corrected chi connectivity index (χ3v) is 9.57. The zero-order valence-electron chi connectivity index (χ0n) is 27.6. The van der Waals surface area contributed by atoms with E-state index in [1.54, 1.807) is 6.07 Å². The Morgan fingerprint density at radius 1 is 0.365 bits per heavy atom. The van der Waals surface area contributed by atoms with Crippen molar-refractivity contribution >= 4 is 43.9 Å². The Balaban J connectivity index is 1.22. The zero-order valence-corrected chi connectivity index (χ0v) is 27.6. The standard InChI is InChI=1S/C46H26N4O2/c47-27-31-12-4-5-13-35(31)46-49-44(28-10-2-1-3-11-28)48-45(50-46)34-23-32(29-18-20-42-38(25-29)36-14-6-8-16-40(36)51-42)22-33(24-34)30-19-21-43-39(26-30)37-15-7-9-17-41(37)52-43/h1-26H. The quantitative estimate of drug-likeness (QED) is 0.182. The fraction of sp³-hybridized carbons (Fsp3) is 0. The Morgan fingerprint density at radius 3 is 1.46 bits per heavy atom. The summed E-state index contributed by atoms with van der Waals surface area (Å²) in [6, 6.07) is 54.9. The molecule has 6 nitrogen and oxygen atoms in total. The summed E-state index contributed by atoms with van der Waals surface area (Å²) >= 11 is 0. The summed E-state index contributed by atoms with van der Waals surface area (Å²) in [4.78, 5) is 15.0. The number of furan rings is 2. The van der Waals surface area contributed by atoms with Gasteiger partial charge in [-0.3, -0.25) is 0 Å². The number of rotatable bonds is 5. The van der Waals surface area contributed by atoms with Crippen LogP contribution < -0.4 is 0 Å². The molecule has 6 heteroatoms. The molecule has 0 spiro atoms. The van der Waals surface area contributed by atoms with E-state index in [2.05, 4.69) is 60.7 Å². The van der Waals surface area contributed by atoms with Gasteiger partial charge < -0.3 is 8.83 Å². The van der Waals surface area contributed by atoms with Gasteiger partial charge in [0.1, 0.15) is 22.3 Å². The average molecular weight is 667 g/mol. The van der Waals surface area contributed by atoms with Crippen molar-refractivity contribution in [2.75, 3.05) is 0 Å². The highest BCUT2D eigenvalue weighted by atomic mass is 16.3. The van der Waals surface area contributed by atoms with Gasteiger partial charge in [0.05, 0.1) is 11.6 Å². The van der Waals surface area contributed by atoms with Gasteiger partial charge in [0.15, 0.2) is 17.5 Å². The van der Waals surface area contributed by atoms with Crippen molar-refractivity contribution in [3.8, 4) is 62.5 Å². The van der Waals surface area contributed by atoms with E-state index in [0.29, 0.717) is 28.6 Å². The summed E-state index contributed by atoms with van der Waals surface area (Å²) in [5.41, 5.74) is 10.3. The van der Waals surface area contributed by atoms with E-state index in [1.165, 1.54) is 0 Å². The second-order valence-electron chi connectivity index (χ2n) is 12.7. The van der Waals surface area contributed by atoms with Gasteiger partial charge in [0, 0.05) is 38.2 Å². The number of benzene rings is 7. The molecule has 0 unspecified atom stereocenters. The summed E-state index contributed by atoms with van der Waals surface area (Å²) in [7, 11) is 0. The lowest BCUT2D eigenvalue weighted by atomic mass is 9.94. The van der Waals surface area contributed by atoms with Crippen LogP contribution in [0.1, 0.15) is 5.56 Å². The fourth-order valence-electron chi connectivity index (χ4n) is 7.02. The normalized spacial score (nSPS) is 11.4. The monoisotopic (exact) mass is 666 g/mol. The van der Waals surface area contributed by atoms with Crippen molar-refractivity contribution < 1.29 is 8.83 Å². The van der Waals surface area contributed by atoms with Gasteiger partial charge in [0.2, 0.25) is 0 Å². The van der Waals surface area contributed by atoms with E-state index < -0.39 is 0 Å². The maximum absolute atomic E-state index is 9.99. The third kappa shape index (κ3) is 5.00. The van der Waals surface area contributed by atoms with E-state index in [-0.39, 0.29) is 0 Å². The molecule has 10 aromatic rings. The van der Waals surface area contributed by atoms with Crippen LogP contribution in [0.15, 0.2) is 167 Å². The van der Waals surface area contributed by atoms with E-state index in [9.17, 15) is 5.26 Å². The van der Waals surface area contributed by atoms with Crippen molar-refractivity contribution in [1.29, 1.82) is 5.26 Å². The SMILES string of the molecule is N#Cc1ccccc1-c1nc(-c2ccccc2)nc(-c2cc(-c3ccc4oc5ccccc5c4c3)cc(-c3ccc4oc5ccccc5c4c3)c2)n1. The fourth-order valence-corrected chi connectivity index (χ4v) is 7.02. The Kier molecular flexibility index (Phi) is 6.76.